The zero-order valence-electron chi connectivity index (χ0n) is 15.2. The summed E-state index contributed by atoms with van der Waals surface area (Å²) >= 11 is 11.5. The maximum atomic E-state index is 12.8. The number of carbonyl (C=O) groups is 1. The van der Waals surface area contributed by atoms with E-state index in [9.17, 15) is 10.1 Å². The predicted octanol–water partition coefficient (Wildman–Crippen LogP) is 5.55. The predicted molar refractivity (Wildman–Crippen MR) is 105 cm³/mol. The van der Waals surface area contributed by atoms with E-state index < -0.39 is 18.0 Å². The van der Waals surface area contributed by atoms with Crippen molar-refractivity contribution in [3.8, 4) is 11.8 Å². The van der Waals surface area contributed by atoms with Crippen LogP contribution in [0.5, 0.6) is 5.75 Å². The average molecular weight is 404 g/mol. The number of rotatable bonds is 5. The summed E-state index contributed by atoms with van der Waals surface area (Å²) in [6, 6.07) is 13.4. The summed E-state index contributed by atoms with van der Waals surface area (Å²) in [5, 5.41) is 11.5. The van der Waals surface area contributed by atoms with Crippen molar-refractivity contribution < 1.29 is 14.3 Å². The molecule has 3 atom stereocenters. The Morgan fingerprint density at radius 3 is 2.59 bits per heavy atom. The smallest absolute Gasteiger partial charge is 0.311 e. The molecule has 140 valence electrons. The summed E-state index contributed by atoms with van der Waals surface area (Å²) in [7, 11) is 1.52. The van der Waals surface area contributed by atoms with Crippen LogP contribution in [0.1, 0.15) is 25.5 Å². The third-order valence-electron chi connectivity index (χ3n) is 5.23. The molecule has 3 unspecified atom stereocenters. The molecule has 0 heterocycles. The third kappa shape index (κ3) is 3.63. The van der Waals surface area contributed by atoms with Gasteiger partial charge >= 0.3 is 5.97 Å². The zero-order chi connectivity index (χ0) is 19.8. The SMILES string of the molecule is COc1ccc2ccccc2c1C(C#N)OC(=O)C1C(C=C(Cl)Cl)C1(C)C. The van der Waals surface area contributed by atoms with E-state index >= 15 is 0 Å². The fourth-order valence-electron chi connectivity index (χ4n) is 3.64. The van der Waals surface area contributed by atoms with Gasteiger partial charge in [-0.05, 0) is 34.2 Å². The van der Waals surface area contributed by atoms with Gasteiger partial charge in [0, 0.05) is 0 Å². The van der Waals surface area contributed by atoms with Gasteiger partial charge in [-0.3, -0.25) is 4.79 Å². The van der Waals surface area contributed by atoms with E-state index in [1.165, 1.54) is 7.11 Å². The van der Waals surface area contributed by atoms with Crippen LogP contribution in [0.4, 0.5) is 0 Å². The van der Waals surface area contributed by atoms with Crippen LogP contribution in [-0.4, -0.2) is 13.1 Å². The number of nitrogens with zero attached hydrogens (tertiary/aromatic N) is 1. The molecule has 1 aliphatic carbocycles. The highest BCUT2D eigenvalue weighted by Gasteiger charge is 2.62. The number of hydrogen-bond donors (Lipinski definition) is 0. The maximum absolute atomic E-state index is 12.8. The van der Waals surface area contributed by atoms with E-state index in [0.29, 0.717) is 11.3 Å². The lowest BCUT2D eigenvalue weighted by atomic mass is 9.99. The van der Waals surface area contributed by atoms with Gasteiger partial charge in [0.05, 0.1) is 18.6 Å². The number of nitriles is 1. The van der Waals surface area contributed by atoms with E-state index in [2.05, 4.69) is 6.07 Å². The fourth-order valence-corrected chi connectivity index (χ4v) is 3.91. The number of halogens is 2. The number of hydrogen-bond acceptors (Lipinski definition) is 4. The molecule has 2 aromatic carbocycles. The molecule has 0 radical (unpaired) electrons. The van der Waals surface area contributed by atoms with Crippen molar-refractivity contribution >= 4 is 39.9 Å². The molecule has 2 aromatic rings. The lowest BCUT2D eigenvalue weighted by Crippen LogP contribution is -2.15. The van der Waals surface area contributed by atoms with Crippen LogP contribution < -0.4 is 4.74 Å². The van der Waals surface area contributed by atoms with Gasteiger partial charge in [-0.2, -0.15) is 5.26 Å². The Bertz CT molecular complexity index is 958. The summed E-state index contributed by atoms with van der Waals surface area (Å²) in [5.41, 5.74) is 0.224. The van der Waals surface area contributed by atoms with Gasteiger partial charge in [0.25, 0.3) is 0 Å². The Kier molecular flexibility index (Phi) is 5.37. The molecular formula is C21H19Cl2NO3. The summed E-state index contributed by atoms with van der Waals surface area (Å²) in [6.45, 7) is 3.88. The van der Waals surface area contributed by atoms with Crippen molar-refractivity contribution in [2.45, 2.75) is 20.0 Å². The molecule has 0 amide bonds. The Balaban J connectivity index is 1.94. The molecule has 0 aliphatic heterocycles. The summed E-state index contributed by atoms with van der Waals surface area (Å²) in [4.78, 5) is 12.8. The number of benzene rings is 2. The number of ether oxygens (including phenoxy) is 2. The molecule has 1 saturated carbocycles. The zero-order valence-corrected chi connectivity index (χ0v) is 16.7. The second-order valence-electron chi connectivity index (χ2n) is 7.13. The number of carbonyl (C=O) groups excluding carboxylic acids is 1. The molecule has 0 bridgehead atoms. The summed E-state index contributed by atoms with van der Waals surface area (Å²) in [6.07, 6.45) is 0.570. The van der Waals surface area contributed by atoms with Gasteiger partial charge in [-0.15, -0.1) is 0 Å². The van der Waals surface area contributed by atoms with Crippen LogP contribution in [0.2, 0.25) is 0 Å². The molecule has 1 fully saturated rings. The first-order valence-corrected chi connectivity index (χ1v) is 9.25. The highest BCUT2D eigenvalue weighted by Crippen LogP contribution is 2.60. The number of methoxy groups -OCH3 is 1. The van der Waals surface area contributed by atoms with Gasteiger partial charge in [-0.25, -0.2) is 0 Å². The molecular weight excluding hydrogens is 385 g/mol. The number of esters is 1. The Morgan fingerprint density at radius 1 is 1.26 bits per heavy atom. The minimum absolute atomic E-state index is 0.121. The third-order valence-corrected chi connectivity index (χ3v) is 5.49. The van der Waals surface area contributed by atoms with E-state index in [1.807, 2.05) is 44.2 Å². The lowest BCUT2D eigenvalue weighted by molar-refractivity contribution is -0.149. The second-order valence-corrected chi connectivity index (χ2v) is 8.14. The molecule has 6 heteroatoms. The largest absolute Gasteiger partial charge is 0.496 e. The van der Waals surface area contributed by atoms with Crippen molar-refractivity contribution in [2.24, 2.45) is 17.3 Å². The second kappa shape index (κ2) is 7.42. The first-order valence-electron chi connectivity index (χ1n) is 8.49. The monoisotopic (exact) mass is 403 g/mol. The van der Waals surface area contributed by atoms with Gasteiger partial charge in [0.1, 0.15) is 16.3 Å². The van der Waals surface area contributed by atoms with Crippen LogP contribution in [0.25, 0.3) is 10.8 Å². The summed E-state index contributed by atoms with van der Waals surface area (Å²) < 4.78 is 11.2. The van der Waals surface area contributed by atoms with Gasteiger partial charge in [0.2, 0.25) is 6.10 Å². The molecule has 0 aromatic heterocycles. The van der Waals surface area contributed by atoms with Crippen molar-refractivity contribution in [1.82, 2.24) is 0 Å². The molecule has 0 N–H and O–H groups in total. The van der Waals surface area contributed by atoms with E-state index in [4.69, 9.17) is 32.7 Å². The molecule has 1 aliphatic rings. The van der Waals surface area contributed by atoms with Crippen molar-refractivity contribution in [3.05, 3.63) is 52.5 Å². The Labute approximate surface area is 168 Å². The van der Waals surface area contributed by atoms with Crippen LogP contribution in [0.3, 0.4) is 0 Å². The summed E-state index contributed by atoms with van der Waals surface area (Å²) in [5.74, 6) is -0.466. The maximum Gasteiger partial charge on any atom is 0.311 e. The van der Waals surface area contributed by atoms with Crippen molar-refractivity contribution in [2.75, 3.05) is 7.11 Å². The van der Waals surface area contributed by atoms with Crippen molar-refractivity contribution in [3.63, 3.8) is 0 Å². The van der Waals surface area contributed by atoms with E-state index in [0.717, 1.165) is 10.8 Å². The Morgan fingerprint density at radius 2 is 1.96 bits per heavy atom. The van der Waals surface area contributed by atoms with Crippen LogP contribution in [-0.2, 0) is 9.53 Å². The van der Waals surface area contributed by atoms with Crippen molar-refractivity contribution in [1.29, 1.82) is 5.26 Å². The van der Waals surface area contributed by atoms with Crippen LogP contribution in [0, 0.1) is 28.6 Å². The first-order chi connectivity index (χ1) is 12.8. The average Bonchev–Trinajstić information content (AvgIpc) is 3.18. The van der Waals surface area contributed by atoms with E-state index in [1.54, 1.807) is 12.1 Å². The highest BCUT2D eigenvalue weighted by molar-refractivity contribution is 6.55. The minimum atomic E-state index is -1.08. The molecule has 0 spiro atoms. The topological polar surface area (TPSA) is 59.3 Å². The van der Waals surface area contributed by atoms with Gasteiger partial charge in [-0.1, -0.05) is 67.4 Å². The molecule has 4 nitrogen and oxygen atoms in total. The molecule has 3 rings (SSSR count). The minimum Gasteiger partial charge on any atom is -0.496 e. The molecule has 27 heavy (non-hydrogen) atoms. The standard InChI is InChI=1S/C21H19Cl2NO3/c1-21(2)14(10-17(22)23)19(21)20(25)27-16(11-24)18-13-7-5-4-6-12(13)8-9-15(18)26-3/h4-10,14,16,19H,1-3H3. The van der Waals surface area contributed by atoms with E-state index in [-0.39, 0.29) is 15.8 Å². The Hall–Kier alpha value is -2.22. The fraction of sp³-hybridized carbons (Fsp3) is 0.333. The van der Waals surface area contributed by atoms with Gasteiger partial charge in [0.15, 0.2) is 0 Å². The van der Waals surface area contributed by atoms with Gasteiger partial charge < -0.3 is 9.47 Å². The van der Waals surface area contributed by atoms with Crippen LogP contribution in [0.15, 0.2) is 47.0 Å². The van der Waals surface area contributed by atoms with Crippen LogP contribution >= 0.6 is 23.2 Å². The normalized spacial score (nSPS) is 21.0. The number of fused-ring (bicyclic) bond motifs is 1. The lowest BCUT2D eigenvalue weighted by Gasteiger charge is -2.17. The first kappa shape index (κ1) is 19.5. The number of allylic oxidation sites excluding steroid dienone is 1. The quantitative estimate of drug-likeness (QED) is 0.614. The highest BCUT2D eigenvalue weighted by atomic mass is 35.5. The molecule has 0 saturated heterocycles.